The van der Waals surface area contributed by atoms with Crippen molar-refractivity contribution in [1.82, 2.24) is 0 Å². The summed E-state index contributed by atoms with van der Waals surface area (Å²) in [6.07, 6.45) is 1.26. The first-order valence-corrected chi connectivity index (χ1v) is 5.81. The van der Waals surface area contributed by atoms with Gasteiger partial charge in [0.2, 0.25) is 0 Å². The fraction of sp³-hybridized carbons (Fsp3) is 0.333. The van der Waals surface area contributed by atoms with Crippen molar-refractivity contribution in [2.45, 2.75) is 16.2 Å². The first kappa shape index (κ1) is 6.10. The van der Waals surface area contributed by atoms with Crippen molar-refractivity contribution in [2.75, 3.05) is 0 Å². The Bertz CT molecular complexity index is 268. The Hall–Kier alpha value is -0.461. The van der Waals surface area contributed by atoms with E-state index in [4.69, 9.17) is 4.74 Å². The van der Waals surface area contributed by atoms with E-state index in [1.807, 2.05) is 0 Å². The average Bonchev–Trinajstić information content (AvgIpc) is 2.77. The molecule has 2 aliphatic rings. The Kier molecular flexibility index (Phi) is 1.12. The van der Waals surface area contributed by atoms with E-state index in [1.165, 1.54) is 12.0 Å². The van der Waals surface area contributed by atoms with E-state index in [0.29, 0.717) is 5.00 Å². The van der Waals surface area contributed by atoms with Crippen molar-refractivity contribution in [1.29, 1.82) is 0 Å². The van der Waals surface area contributed by atoms with Crippen LogP contribution in [0.15, 0.2) is 24.3 Å². The molecule has 3 rings (SSSR count). The van der Waals surface area contributed by atoms with Gasteiger partial charge >= 0.3 is 71.5 Å². The predicted molar refractivity (Wildman–Crippen MR) is 44.1 cm³/mol. The zero-order chi connectivity index (χ0) is 7.26. The molecular weight excluding hydrogens is 203 g/mol. The summed E-state index contributed by atoms with van der Waals surface area (Å²) in [4.78, 5) is 0.900. The number of fused-ring (bicyclic) bond motifs is 2. The molecule has 11 heavy (non-hydrogen) atoms. The maximum atomic E-state index is 5.73. The quantitative estimate of drug-likeness (QED) is 0.590. The first-order valence-electron chi connectivity index (χ1n) is 3.83. The van der Waals surface area contributed by atoms with Crippen LogP contribution in [-0.4, -0.2) is 20.0 Å². The van der Waals surface area contributed by atoms with Crippen LogP contribution in [0.25, 0.3) is 0 Å². The number of benzene rings is 1. The molecule has 2 aliphatic heterocycles. The molecule has 2 unspecified atom stereocenters. The summed E-state index contributed by atoms with van der Waals surface area (Å²) >= 11 is 0.777. The van der Waals surface area contributed by atoms with E-state index in [2.05, 4.69) is 24.3 Å². The van der Waals surface area contributed by atoms with Gasteiger partial charge in [-0.25, -0.2) is 0 Å². The summed E-state index contributed by atoms with van der Waals surface area (Å²) in [5, 5.41) is 0.623. The Morgan fingerprint density at radius 3 is 3.27 bits per heavy atom. The van der Waals surface area contributed by atoms with Gasteiger partial charge in [-0.3, -0.25) is 0 Å². The molecule has 2 heterocycles. The molecule has 0 saturated carbocycles. The van der Waals surface area contributed by atoms with Crippen molar-refractivity contribution in [3.8, 4) is 5.75 Å². The Morgan fingerprint density at radius 2 is 2.27 bits per heavy atom. The van der Waals surface area contributed by atoms with Gasteiger partial charge in [0.1, 0.15) is 0 Å². The van der Waals surface area contributed by atoms with E-state index in [-0.39, 0.29) is 0 Å². The van der Waals surface area contributed by atoms with Gasteiger partial charge in [-0.2, -0.15) is 0 Å². The molecule has 1 nitrogen and oxygen atoms in total. The average molecular weight is 211 g/mol. The van der Waals surface area contributed by atoms with Crippen LogP contribution in [0.2, 0.25) is 4.82 Å². The molecule has 0 aliphatic carbocycles. The Morgan fingerprint density at radius 1 is 1.36 bits per heavy atom. The molecule has 1 aromatic carbocycles. The Labute approximate surface area is 71.9 Å². The van der Waals surface area contributed by atoms with Crippen LogP contribution in [0.1, 0.15) is 5.56 Å². The molecule has 0 radical (unpaired) electrons. The normalized spacial score (nSPS) is 31.6. The van der Waals surface area contributed by atoms with Crippen molar-refractivity contribution in [3.63, 3.8) is 0 Å². The molecule has 1 aromatic rings. The minimum atomic E-state index is 0.623. The molecule has 56 valence electrons. The van der Waals surface area contributed by atoms with Gasteiger partial charge < -0.3 is 0 Å². The molecule has 0 amide bonds. The molecule has 1 saturated heterocycles. The second kappa shape index (κ2) is 2.02. The Balaban J connectivity index is 2.07. The molecule has 0 spiro atoms. The molecule has 2 atom stereocenters. The van der Waals surface area contributed by atoms with E-state index in [0.717, 1.165) is 25.5 Å². The summed E-state index contributed by atoms with van der Waals surface area (Å²) < 4.78 is 5.73. The van der Waals surface area contributed by atoms with E-state index < -0.39 is 0 Å². The topological polar surface area (TPSA) is 9.23 Å². The first-order chi connectivity index (χ1) is 5.43. The van der Waals surface area contributed by atoms with Gasteiger partial charge in [-0.05, 0) is 0 Å². The predicted octanol–water partition coefficient (Wildman–Crippen LogP) is 1.45. The van der Waals surface area contributed by atoms with E-state index in [9.17, 15) is 0 Å². The van der Waals surface area contributed by atoms with Gasteiger partial charge in [0.15, 0.2) is 0 Å². The van der Waals surface area contributed by atoms with Crippen molar-refractivity contribution < 1.29 is 4.74 Å². The zero-order valence-electron chi connectivity index (χ0n) is 5.99. The summed E-state index contributed by atoms with van der Waals surface area (Å²) in [5.74, 6) is 1.13. The van der Waals surface area contributed by atoms with Crippen LogP contribution in [-0.2, 0) is 6.42 Å². The van der Waals surface area contributed by atoms with Crippen LogP contribution in [0.3, 0.4) is 0 Å². The third kappa shape index (κ3) is 0.900. The van der Waals surface area contributed by atoms with Crippen LogP contribution in [0.4, 0.5) is 0 Å². The van der Waals surface area contributed by atoms with Gasteiger partial charge in [-0.15, -0.1) is 0 Å². The maximum absolute atomic E-state index is 5.73. The minimum absolute atomic E-state index is 0.623. The van der Waals surface area contributed by atoms with Crippen LogP contribution in [0, 0.1) is 0 Å². The van der Waals surface area contributed by atoms with E-state index >= 15 is 0 Å². The van der Waals surface area contributed by atoms with Crippen LogP contribution >= 0.6 is 0 Å². The molecule has 0 bridgehead atoms. The van der Waals surface area contributed by atoms with E-state index in [1.54, 1.807) is 0 Å². The van der Waals surface area contributed by atoms with Gasteiger partial charge in [0.25, 0.3) is 0 Å². The van der Waals surface area contributed by atoms with Gasteiger partial charge in [-0.1, -0.05) is 0 Å². The van der Waals surface area contributed by atoms with Crippen molar-refractivity contribution in [3.05, 3.63) is 29.8 Å². The second-order valence-corrected chi connectivity index (χ2v) is 5.79. The van der Waals surface area contributed by atoms with Crippen molar-refractivity contribution in [2.24, 2.45) is 0 Å². The second-order valence-electron chi connectivity index (χ2n) is 2.97. The fourth-order valence-electron chi connectivity index (χ4n) is 1.50. The summed E-state index contributed by atoms with van der Waals surface area (Å²) in [5.41, 5.74) is 1.41. The molecule has 0 aromatic heterocycles. The summed E-state index contributed by atoms with van der Waals surface area (Å²) in [6, 6.07) is 8.41. The molecule has 1 fully saturated rings. The third-order valence-corrected chi connectivity index (χ3v) is 4.57. The molecule has 2 heteroatoms. The number of hydrogen-bond donors (Lipinski definition) is 0. The van der Waals surface area contributed by atoms with Gasteiger partial charge in [0, 0.05) is 0 Å². The molecule has 0 N–H and O–H groups in total. The number of ether oxygens (including phenoxy) is 1. The molecular formula is C9H8OSe. The monoisotopic (exact) mass is 212 g/mol. The zero-order valence-corrected chi connectivity index (χ0v) is 7.70. The summed E-state index contributed by atoms with van der Waals surface area (Å²) in [7, 11) is 0. The summed E-state index contributed by atoms with van der Waals surface area (Å²) in [6.45, 7) is 0. The third-order valence-electron chi connectivity index (χ3n) is 2.17. The van der Waals surface area contributed by atoms with Crippen molar-refractivity contribution >= 4 is 15.0 Å². The number of rotatable bonds is 0. The fourth-order valence-corrected chi connectivity index (χ4v) is 3.27. The standard InChI is InChI=1S/C9H8OSe/c1-2-4-7-6(3-1)5-8-9(10-7)11-8/h1-4,8-9H,5H2. The van der Waals surface area contributed by atoms with Crippen LogP contribution < -0.4 is 4.74 Å². The van der Waals surface area contributed by atoms with Gasteiger partial charge in [0.05, 0.1) is 0 Å². The SMILES string of the molecule is c1ccc2c(c1)CC1[Se]C1O2. The van der Waals surface area contributed by atoms with Crippen LogP contribution in [0.5, 0.6) is 5.75 Å². The number of hydrogen-bond acceptors (Lipinski definition) is 1. The number of para-hydroxylation sites is 1.